The fourth-order valence-corrected chi connectivity index (χ4v) is 2.86. The van der Waals surface area contributed by atoms with Crippen molar-refractivity contribution in [3.05, 3.63) is 52.8 Å². The lowest BCUT2D eigenvalue weighted by molar-refractivity contribution is 0.840. The van der Waals surface area contributed by atoms with Crippen molar-refractivity contribution in [3.63, 3.8) is 0 Å². The van der Waals surface area contributed by atoms with Crippen LogP contribution in [0, 0.1) is 0 Å². The molecule has 3 rings (SSSR count). The molecule has 1 unspecified atom stereocenters. The largest absolute Gasteiger partial charge is 0.374 e. The third-order valence-corrected chi connectivity index (χ3v) is 4.05. The minimum atomic E-state index is 0.0750. The zero-order valence-electron chi connectivity index (χ0n) is 10.3. The first-order chi connectivity index (χ1) is 9.25. The van der Waals surface area contributed by atoms with Gasteiger partial charge in [-0.2, -0.15) is 0 Å². The first-order valence-electron chi connectivity index (χ1n) is 5.95. The van der Waals surface area contributed by atoms with Gasteiger partial charge >= 0.3 is 0 Å². The number of halogens is 1. The minimum absolute atomic E-state index is 0.0750. The smallest absolute Gasteiger partial charge is 0.106 e. The van der Waals surface area contributed by atoms with E-state index in [9.17, 15) is 0 Å². The zero-order chi connectivity index (χ0) is 13.2. The highest BCUT2D eigenvalue weighted by Crippen LogP contribution is 2.34. The average Bonchev–Trinajstić information content (AvgIpc) is 2.91. The average molecular weight is 290 g/mol. The molecular formula is C14H12ClN3S. The molecule has 19 heavy (non-hydrogen) atoms. The van der Waals surface area contributed by atoms with Gasteiger partial charge < -0.3 is 5.32 Å². The molecule has 0 fully saturated rings. The van der Waals surface area contributed by atoms with Gasteiger partial charge in [0.25, 0.3) is 0 Å². The van der Waals surface area contributed by atoms with Crippen LogP contribution in [0.5, 0.6) is 0 Å². The Morgan fingerprint density at radius 3 is 2.89 bits per heavy atom. The molecule has 0 aliphatic rings. The van der Waals surface area contributed by atoms with Crippen LogP contribution in [0.3, 0.4) is 0 Å². The van der Waals surface area contributed by atoms with E-state index in [0.29, 0.717) is 5.02 Å². The highest BCUT2D eigenvalue weighted by molar-refractivity contribution is 7.16. The van der Waals surface area contributed by atoms with Crippen LogP contribution >= 0.6 is 22.9 Å². The number of benzene rings is 1. The number of hydrogen-bond donors (Lipinski definition) is 1. The molecule has 1 atom stereocenters. The van der Waals surface area contributed by atoms with Gasteiger partial charge in [0.1, 0.15) is 5.52 Å². The molecule has 0 spiro atoms. The van der Waals surface area contributed by atoms with Gasteiger partial charge in [-0.05, 0) is 31.2 Å². The highest BCUT2D eigenvalue weighted by atomic mass is 35.5. The molecule has 2 aromatic heterocycles. The van der Waals surface area contributed by atoms with Gasteiger partial charge in [0, 0.05) is 6.20 Å². The predicted octanol–water partition coefficient (Wildman–Crippen LogP) is 4.52. The first kappa shape index (κ1) is 12.4. The lowest BCUT2D eigenvalue weighted by atomic mass is 10.2. The van der Waals surface area contributed by atoms with Crippen molar-refractivity contribution in [2.75, 3.05) is 5.32 Å². The number of nitrogens with zero attached hydrogens (tertiary/aromatic N) is 2. The second-order valence-electron chi connectivity index (χ2n) is 4.24. The molecule has 0 saturated carbocycles. The van der Waals surface area contributed by atoms with Crippen molar-refractivity contribution in [2.45, 2.75) is 13.0 Å². The number of hydrogen-bond acceptors (Lipinski definition) is 4. The Hall–Kier alpha value is -1.65. The van der Waals surface area contributed by atoms with Gasteiger partial charge in [0.2, 0.25) is 0 Å². The monoisotopic (exact) mass is 289 g/mol. The molecule has 2 heterocycles. The van der Waals surface area contributed by atoms with Crippen molar-refractivity contribution < 1.29 is 0 Å². The third-order valence-electron chi connectivity index (χ3n) is 2.94. The second kappa shape index (κ2) is 5.15. The minimum Gasteiger partial charge on any atom is -0.374 e. The van der Waals surface area contributed by atoms with Crippen LogP contribution in [-0.4, -0.2) is 9.97 Å². The molecule has 3 aromatic rings. The molecule has 1 aromatic carbocycles. The summed E-state index contributed by atoms with van der Waals surface area (Å²) >= 11 is 7.88. The predicted molar refractivity (Wildman–Crippen MR) is 80.9 cm³/mol. The summed E-state index contributed by atoms with van der Waals surface area (Å²) in [4.78, 5) is 8.73. The molecule has 0 bridgehead atoms. The molecule has 96 valence electrons. The molecular weight excluding hydrogens is 278 g/mol. The van der Waals surface area contributed by atoms with E-state index < -0.39 is 0 Å². The van der Waals surface area contributed by atoms with Crippen LogP contribution in [0.4, 0.5) is 5.69 Å². The summed E-state index contributed by atoms with van der Waals surface area (Å²) in [5.41, 5.74) is 4.60. The van der Waals surface area contributed by atoms with E-state index in [-0.39, 0.29) is 6.04 Å². The lowest BCUT2D eigenvalue weighted by Crippen LogP contribution is -2.08. The fraction of sp³-hybridized carbons (Fsp3) is 0.143. The summed E-state index contributed by atoms with van der Waals surface area (Å²) in [7, 11) is 0. The number of nitrogens with one attached hydrogen (secondary N) is 1. The van der Waals surface area contributed by atoms with Gasteiger partial charge in [0.05, 0.1) is 32.7 Å². The van der Waals surface area contributed by atoms with E-state index in [0.717, 1.165) is 21.6 Å². The summed E-state index contributed by atoms with van der Waals surface area (Å²) < 4.78 is 1.13. The molecule has 0 amide bonds. The summed E-state index contributed by atoms with van der Waals surface area (Å²) in [6.07, 6.45) is 1.79. The lowest BCUT2D eigenvalue weighted by Gasteiger charge is -2.16. The van der Waals surface area contributed by atoms with Gasteiger partial charge in [-0.15, -0.1) is 11.3 Å². The van der Waals surface area contributed by atoms with E-state index in [2.05, 4.69) is 22.2 Å². The first-order valence-corrected chi connectivity index (χ1v) is 7.20. The van der Waals surface area contributed by atoms with Crippen LogP contribution in [0.2, 0.25) is 5.02 Å². The van der Waals surface area contributed by atoms with Crippen molar-refractivity contribution in [3.8, 4) is 0 Å². The van der Waals surface area contributed by atoms with E-state index in [1.165, 1.54) is 0 Å². The van der Waals surface area contributed by atoms with Crippen LogP contribution < -0.4 is 5.32 Å². The van der Waals surface area contributed by atoms with Gasteiger partial charge in [-0.3, -0.25) is 4.98 Å². The van der Waals surface area contributed by atoms with E-state index in [1.54, 1.807) is 17.5 Å². The summed E-state index contributed by atoms with van der Waals surface area (Å²) in [6, 6.07) is 9.84. The molecule has 0 aliphatic heterocycles. The Balaban J connectivity index is 1.97. The van der Waals surface area contributed by atoms with E-state index in [4.69, 9.17) is 11.6 Å². The molecule has 0 saturated heterocycles. The highest BCUT2D eigenvalue weighted by Gasteiger charge is 2.13. The molecule has 0 radical (unpaired) electrons. The van der Waals surface area contributed by atoms with Gasteiger partial charge in [-0.25, -0.2) is 4.98 Å². The summed E-state index contributed by atoms with van der Waals surface area (Å²) in [5, 5.41) is 4.09. The van der Waals surface area contributed by atoms with Gasteiger partial charge in [0.15, 0.2) is 0 Å². The Kier molecular flexibility index (Phi) is 3.36. The van der Waals surface area contributed by atoms with E-state index in [1.807, 2.05) is 35.8 Å². The quantitative estimate of drug-likeness (QED) is 0.770. The standard InChI is InChI=1S/C14H12ClN3S/c1-9(11-4-2-3-7-16-11)18-13-10(15)5-6-12-14(13)17-8-19-12/h2-9,18H,1H3. The molecule has 0 aliphatic carbocycles. The summed E-state index contributed by atoms with van der Waals surface area (Å²) in [5.74, 6) is 0. The normalized spacial score (nSPS) is 12.5. The number of fused-ring (bicyclic) bond motifs is 1. The number of thiazole rings is 1. The second-order valence-corrected chi connectivity index (χ2v) is 5.54. The Morgan fingerprint density at radius 1 is 1.21 bits per heavy atom. The van der Waals surface area contributed by atoms with Gasteiger partial charge in [-0.1, -0.05) is 17.7 Å². The maximum absolute atomic E-state index is 6.27. The zero-order valence-corrected chi connectivity index (χ0v) is 11.9. The van der Waals surface area contributed by atoms with Crippen LogP contribution in [0.15, 0.2) is 42.0 Å². The SMILES string of the molecule is CC(Nc1c(Cl)ccc2scnc12)c1ccccn1. The number of aromatic nitrogens is 2. The Morgan fingerprint density at radius 2 is 2.11 bits per heavy atom. The number of rotatable bonds is 3. The van der Waals surface area contributed by atoms with Crippen LogP contribution in [0.25, 0.3) is 10.2 Å². The molecule has 3 nitrogen and oxygen atoms in total. The van der Waals surface area contributed by atoms with Crippen molar-refractivity contribution in [2.24, 2.45) is 0 Å². The van der Waals surface area contributed by atoms with Crippen molar-refractivity contribution in [1.29, 1.82) is 0 Å². The maximum atomic E-state index is 6.27. The number of pyridine rings is 1. The fourth-order valence-electron chi connectivity index (χ4n) is 1.97. The molecule has 1 N–H and O–H groups in total. The van der Waals surface area contributed by atoms with E-state index >= 15 is 0 Å². The third kappa shape index (κ3) is 2.41. The maximum Gasteiger partial charge on any atom is 0.106 e. The Labute approximate surface area is 120 Å². The number of anilines is 1. The van der Waals surface area contributed by atoms with Crippen LogP contribution in [0.1, 0.15) is 18.7 Å². The Bertz CT molecular complexity index is 696. The topological polar surface area (TPSA) is 37.8 Å². The molecule has 5 heteroatoms. The van der Waals surface area contributed by atoms with Crippen molar-refractivity contribution >= 4 is 38.8 Å². The van der Waals surface area contributed by atoms with Crippen LogP contribution in [-0.2, 0) is 0 Å². The summed E-state index contributed by atoms with van der Waals surface area (Å²) in [6.45, 7) is 2.06. The van der Waals surface area contributed by atoms with Crippen molar-refractivity contribution in [1.82, 2.24) is 9.97 Å².